The van der Waals surface area contributed by atoms with Gasteiger partial charge in [-0.3, -0.25) is 9.88 Å². The van der Waals surface area contributed by atoms with Crippen LogP contribution in [0.15, 0.2) is 24.5 Å². The van der Waals surface area contributed by atoms with Gasteiger partial charge in [0.15, 0.2) is 10.6 Å². The second-order valence-corrected chi connectivity index (χ2v) is 5.14. The van der Waals surface area contributed by atoms with E-state index in [0.29, 0.717) is 6.67 Å². The summed E-state index contributed by atoms with van der Waals surface area (Å²) in [7, 11) is 1.95. The number of aromatic nitrogens is 4. The molecule has 0 radical (unpaired) electrons. The highest BCUT2D eigenvalue weighted by Gasteiger charge is 2.14. The van der Waals surface area contributed by atoms with Gasteiger partial charge in [-0.2, -0.15) is 5.10 Å². The highest BCUT2D eigenvalue weighted by atomic mass is 32.1. The van der Waals surface area contributed by atoms with Gasteiger partial charge >= 0.3 is 0 Å². The first-order valence-corrected chi connectivity index (χ1v) is 7.01. The molecule has 0 aliphatic carbocycles. The summed E-state index contributed by atoms with van der Waals surface area (Å²) in [4.78, 5) is 6.33. The second kappa shape index (κ2) is 5.82. The van der Waals surface area contributed by atoms with Crippen LogP contribution >= 0.6 is 12.2 Å². The topological polar surface area (TPSA) is 48.1 Å². The van der Waals surface area contributed by atoms with Crippen LogP contribution < -0.4 is 0 Å². The lowest BCUT2D eigenvalue weighted by Crippen LogP contribution is -2.37. The van der Waals surface area contributed by atoms with Crippen LogP contribution in [0.5, 0.6) is 0 Å². The minimum atomic E-state index is 0.709. The maximum absolute atomic E-state index is 5.47. The Bertz CT molecular complexity index is 630. The minimum absolute atomic E-state index is 0.709. The number of hydrogen-bond acceptors (Lipinski definition) is 5. The molecule has 3 heterocycles. The fourth-order valence-corrected chi connectivity index (χ4v) is 2.45. The van der Waals surface area contributed by atoms with Gasteiger partial charge in [0.1, 0.15) is 0 Å². The summed E-state index contributed by atoms with van der Waals surface area (Å²) in [5, 5.41) is 4.64. The van der Waals surface area contributed by atoms with Gasteiger partial charge in [0.05, 0.1) is 19.9 Å². The van der Waals surface area contributed by atoms with Gasteiger partial charge in [-0.1, -0.05) is 0 Å². The summed E-state index contributed by atoms with van der Waals surface area (Å²) >= 11 is 5.47. The van der Waals surface area contributed by atoms with Crippen molar-refractivity contribution in [1.29, 1.82) is 0 Å². The maximum Gasteiger partial charge on any atom is 0.199 e. The van der Waals surface area contributed by atoms with E-state index >= 15 is 0 Å². The lowest BCUT2D eigenvalue weighted by molar-refractivity contribution is 0.0210. The van der Waals surface area contributed by atoms with Crippen molar-refractivity contribution in [3.05, 3.63) is 29.3 Å². The lowest BCUT2D eigenvalue weighted by atomic mass is 10.2. The Morgan fingerprint density at radius 1 is 1.25 bits per heavy atom. The molecule has 0 unspecified atom stereocenters. The Morgan fingerprint density at radius 2 is 1.95 bits per heavy atom. The van der Waals surface area contributed by atoms with Crippen LogP contribution in [0.3, 0.4) is 0 Å². The number of pyridine rings is 1. The molecule has 2 aromatic heterocycles. The summed E-state index contributed by atoms with van der Waals surface area (Å²) < 4.78 is 9.89. The zero-order valence-corrected chi connectivity index (χ0v) is 12.2. The second-order valence-electron chi connectivity index (χ2n) is 4.77. The first-order chi connectivity index (χ1) is 9.75. The third-order valence-corrected chi connectivity index (χ3v) is 3.90. The van der Waals surface area contributed by atoms with Crippen LogP contribution in [0, 0.1) is 4.77 Å². The zero-order chi connectivity index (χ0) is 13.9. The molecular formula is C13H17N5OS. The van der Waals surface area contributed by atoms with Gasteiger partial charge in [0, 0.05) is 38.1 Å². The van der Waals surface area contributed by atoms with E-state index in [1.54, 1.807) is 12.4 Å². The molecule has 0 saturated carbocycles. The molecule has 0 amide bonds. The van der Waals surface area contributed by atoms with E-state index in [0.717, 1.165) is 42.5 Å². The lowest BCUT2D eigenvalue weighted by Gasteiger charge is -2.25. The normalized spacial score (nSPS) is 16.4. The first kappa shape index (κ1) is 13.4. The van der Waals surface area contributed by atoms with Gasteiger partial charge < -0.3 is 9.30 Å². The van der Waals surface area contributed by atoms with Crippen molar-refractivity contribution in [3.63, 3.8) is 0 Å². The monoisotopic (exact) mass is 291 g/mol. The number of hydrogen-bond donors (Lipinski definition) is 0. The Labute approximate surface area is 122 Å². The van der Waals surface area contributed by atoms with Crippen molar-refractivity contribution in [2.75, 3.05) is 26.3 Å². The largest absolute Gasteiger partial charge is 0.379 e. The van der Waals surface area contributed by atoms with E-state index in [9.17, 15) is 0 Å². The van der Waals surface area contributed by atoms with Gasteiger partial charge in [0.2, 0.25) is 0 Å². The molecule has 1 saturated heterocycles. The van der Waals surface area contributed by atoms with E-state index < -0.39 is 0 Å². The minimum Gasteiger partial charge on any atom is -0.379 e. The summed E-state index contributed by atoms with van der Waals surface area (Å²) in [6.07, 6.45) is 3.53. The van der Waals surface area contributed by atoms with Gasteiger partial charge in [-0.05, 0) is 24.4 Å². The van der Waals surface area contributed by atoms with Crippen molar-refractivity contribution in [2.45, 2.75) is 6.67 Å². The van der Waals surface area contributed by atoms with E-state index in [1.807, 2.05) is 28.4 Å². The maximum atomic E-state index is 5.47. The Hall–Kier alpha value is -1.57. The third-order valence-electron chi connectivity index (χ3n) is 3.42. The Kier molecular flexibility index (Phi) is 3.90. The van der Waals surface area contributed by atoms with Crippen LogP contribution in [0.1, 0.15) is 0 Å². The van der Waals surface area contributed by atoms with Gasteiger partial charge in [-0.15, -0.1) is 0 Å². The fourth-order valence-electron chi connectivity index (χ4n) is 2.26. The van der Waals surface area contributed by atoms with Crippen LogP contribution in [0.2, 0.25) is 0 Å². The molecule has 2 aromatic rings. The van der Waals surface area contributed by atoms with Crippen molar-refractivity contribution in [1.82, 2.24) is 24.2 Å². The van der Waals surface area contributed by atoms with Crippen LogP contribution in [-0.4, -0.2) is 50.5 Å². The predicted molar refractivity (Wildman–Crippen MR) is 77.7 cm³/mol. The average molecular weight is 291 g/mol. The molecule has 0 spiro atoms. The molecule has 1 fully saturated rings. The van der Waals surface area contributed by atoms with Crippen LogP contribution in [0.25, 0.3) is 11.4 Å². The van der Waals surface area contributed by atoms with Crippen LogP contribution in [-0.2, 0) is 18.5 Å². The van der Waals surface area contributed by atoms with E-state index in [4.69, 9.17) is 17.0 Å². The van der Waals surface area contributed by atoms with E-state index in [1.165, 1.54) is 0 Å². The fraction of sp³-hybridized carbons (Fsp3) is 0.462. The van der Waals surface area contributed by atoms with E-state index in [2.05, 4.69) is 15.0 Å². The number of ether oxygens (including phenoxy) is 1. The number of rotatable bonds is 3. The molecule has 6 nitrogen and oxygen atoms in total. The summed E-state index contributed by atoms with van der Waals surface area (Å²) in [5.74, 6) is 0.866. The van der Waals surface area contributed by atoms with Gasteiger partial charge in [-0.25, -0.2) is 4.68 Å². The van der Waals surface area contributed by atoms with Crippen molar-refractivity contribution in [2.24, 2.45) is 7.05 Å². The smallest absolute Gasteiger partial charge is 0.199 e. The molecule has 106 valence electrons. The SMILES string of the molecule is Cn1c(-c2ccncc2)nn(CN2CCOCC2)c1=S. The third kappa shape index (κ3) is 2.65. The summed E-state index contributed by atoms with van der Waals surface area (Å²) in [5.41, 5.74) is 1.02. The average Bonchev–Trinajstić information content (AvgIpc) is 2.78. The van der Waals surface area contributed by atoms with Crippen molar-refractivity contribution < 1.29 is 4.74 Å². The predicted octanol–water partition coefficient (Wildman–Crippen LogP) is 1.30. The van der Waals surface area contributed by atoms with Crippen LogP contribution in [0.4, 0.5) is 0 Å². The highest BCUT2D eigenvalue weighted by molar-refractivity contribution is 7.71. The molecule has 3 rings (SSSR count). The molecule has 20 heavy (non-hydrogen) atoms. The molecular weight excluding hydrogens is 274 g/mol. The van der Waals surface area contributed by atoms with Crippen molar-refractivity contribution >= 4 is 12.2 Å². The molecule has 0 aromatic carbocycles. The Morgan fingerprint density at radius 3 is 2.65 bits per heavy atom. The van der Waals surface area contributed by atoms with E-state index in [-0.39, 0.29) is 0 Å². The van der Waals surface area contributed by atoms with Gasteiger partial charge in [0.25, 0.3) is 0 Å². The summed E-state index contributed by atoms with van der Waals surface area (Å²) in [6, 6.07) is 3.88. The summed E-state index contributed by atoms with van der Waals surface area (Å²) in [6.45, 7) is 4.10. The first-order valence-electron chi connectivity index (χ1n) is 6.60. The standard InChI is InChI=1S/C13H17N5OS/c1-16-12(11-2-4-14-5-3-11)15-18(13(16)20)10-17-6-8-19-9-7-17/h2-5H,6-10H2,1H3. The number of nitrogens with zero attached hydrogens (tertiary/aromatic N) is 5. The molecule has 0 N–H and O–H groups in total. The molecule has 7 heteroatoms. The highest BCUT2D eigenvalue weighted by Crippen LogP contribution is 2.16. The molecule has 0 bridgehead atoms. The quantitative estimate of drug-likeness (QED) is 0.798. The Balaban J connectivity index is 1.88. The molecule has 1 aliphatic heterocycles. The number of morpholine rings is 1. The molecule has 1 aliphatic rings. The molecule has 0 atom stereocenters. The zero-order valence-electron chi connectivity index (χ0n) is 11.4. The van der Waals surface area contributed by atoms with Crippen molar-refractivity contribution in [3.8, 4) is 11.4 Å².